The number of aromatic nitrogens is 2. The average molecular weight is 287 g/mol. The zero-order valence-electron chi connectivity index (χ0n) is 12.0. The Morgan fingerprint density at radius 1 is 1.24 bits per heavy atom. The Labute approximate surface area is 123 Å². The van der Waals surface area contributed by atoms with Crippen molar-refractivity contribution in [3.8, 4) is 5.75 Å². The molecule has 0 unspecified atom stereocenters. The number of hydrogen-bond acceptors (Lipinski definition) is 4. The van der Waals surface area contributed by atoms with E-state index in [0.29, 0.717) is 18.1 Å². The van der Waals surface area contributed by atoms with Gasteiger partial charge in [0.05, 0.1) is 12.8 Å². The number of hydrogen-bond donors (Lipinski definition) is 1. The smallest absolute Gasteiger partial charge is 0.187 e. The molecular weight excluding hydrogens is 269 g/mol. The summed E-state index contributed by atoms with van der Waals surface area (Å²) < 4.78 is 19.3. The second-order valence-corrected chi connectivity index (χ2v) is 5.22. The molecule has 0 spiro atoms. The molecule has 0 aliphatic heterocycles. The third-order valence-corrected chi connectivity index (χ3v) is 3.65. The molecule has 2 aromatic rings. The maximum atomic E-state index is 14.2. The summed E-state index contributed by atoms with van der Waals surface area (Å²) in [5.41, 5.74) is 1.72. The van der Waals surface area contributed by atoms with Crippen LogP contribution in [0.15, 0.2) is 30.6 Å². The van der Waals surface area contributed by atoms with Gasteiger partial charge in [0.1, 0.15) is 12.1 Å². The first-order valence-electron chi connectivity index (χ1n) is 7.15. The van der Waals surface area contributed by atoms with Gasteiger partial charge in [-0.15, -0.1) is 0 Å². The molecule has 1 aliphatic carbocycles. The minimum atomic E-state index is -0.297. The quantitative estimate of drug-likeness (QED) is 0.886. The Morgan fingerprint density at radius 3 is 2.67 bits per heavy atom. The molecule has 0 amide bonds. The summed E-state index contributed by atoms with van der Waals surface area (Å²) in [6.07, 6.45) is 4.29. The van der Waals surface area contributed by atoms with E-state index in [1.165, 1.54) is 11.9 Å². The molecule has 1 fully saturated rings. The lowest BCUT2D eigenvalue weighted by Crippen LogP contribution is -2.10. The average Bonchev–Trinajstić information content (AvgIpc) is 3.34. The van der Waals surface area contributed by atoms with E-state index in [0.717, 1.165) is 25.0 Å². The van der Waals surface area contributed by atoms with E-state index in [2.05, 4.69) is 15.3 Å². The Hall–Kier alpha value is -2.17. The monoisotopic (exact) mass is 287 g/mol. The normalized spacial score (nSPS) is 14.0. The van der Waals surface area contributed by atoms with Gasteiger partial charge in [0.2, 0.25) is 0 Å². The third kappa shape index (κ3) is 3.29. The van der Waals surface area contributed by atoms with Gasteiger partial charge in [-0.1, -0.05) is 12.1 Å². The van der Waals surface area contributed by atoms with E-state index in [4.69, 9.17) is 4.74 Å². The van der Waals surface area contributed by atoms with E-state index in [1.54, 1.807) is 7.11 Å². The van der Waals surface area contributed by atoms with Gasteiger partial charge < -0.3 is 10.1 Å². The van der Waals surface area contributed by atoms with E-state index in [1.807, 2.05) is 24.3 Å². The van der Waals surface area contributed by atoms with Crippen LogP contribution in [0.25, 0.3) is 0 Å². The van der Waals surface area contributed by atoms with Crippen molar-refractivity contribution < 1.29 is 9.13 Å². The van der Waals surface area contributed by atoms with Gasteiger partial charge in [0.25, 0.3) is 0 Å². The van der Waals surface area contributed by atoms with E-state index in [9.17, 15) is 4.39 Å². The molecular formula is C16H18FN3O. The molecule has 1 N–H and O–H groups in total. The molecule has 1 saturated carbocycles. The highest BCUT2D eigenvalue weighted by Gasteiger charge is 2.29. The first-order chi connectivity index (χ1) is 10.3. The topological polar surface area (TPSA) is 47.0 Å². The number of benzene rings is 1. The number of nitrogens with zero attached hydrogens (tertiary/aromatic N) is 2. The van der Waals surface area contributed by atoms with Crippen LogP contribution >= 0.6 is 0 Å². The van der Waals surface area contributed by atoms with Crippen molar-refractivity contribution in [1.29, 1.82) is 0 Å². The highest BCUT2D eigenvalue weighted by molar-refractivity contribution is 5.39. The Bertz CT molecular complexity index is 611. The lowest BCUT2D eigenvalue weighted by Gasteiger charge is -2.09. The van der Waals surface area contributed by atoms with Crippen LogP contribution in [0.2, 0.25) is 0 Å². The predicted octanol–water partition coefficient (Wildman–Crippen LogP) is 3.16. The third-order valence-electron chi connectivity index (χ3n) is 3.65. The maximum Gasteiger partial charge on any atom is 0.187 e. The molecule has 1 aliphatic rings. The first kappa shape index (κ1) is 13.8. The second kappa shape index (κ2) is 6.08. The summed E-state index contributed by atoms with van der Waals surface area (Å²) in [4.78, 5) is 8.04. The molecule has 0 bridgehead atoms. The molecule has 4 nitrogen and oxygen atoms in total. The van der Waals surface area contributed by atoms with Gasteiger partial charge in [0, 0.05) is 12.5 Å². The van der Waals surface area contributed by atoms with Crippen molar-refractivity contribution in [2.24, 2.45) is 0 Å². The fraction of sp³-hybridized carbons (Fsp3) is 0.375. The van der Waals surface area contributed by atoms with Gasteiger partial charge >= 0.3 is 0 Å². The van der Waals surface area contributed by atoms with E-state index in [-0.39, 0.29) is 11.7 Å². The highest BCUT2D eigenvalue weighted by atomic mass is 19.1. The summed E-state index contributed by atoms with van der Waals surface area (Å²) in [7, 11) is 1.64. The minimum absolute atomic E-state index is 0.287. The Morgan fingerprint density at radius 2 is 2.00 bits per heavy atom. The van der Waals surface area contributed by atoms with Crippen LogP contribution in [-0.2, 0) is 6.42 Å². The van der Waals surface area contributed by atoms with Crippen LogP contribution in [0, 0.1) is 5.82 Å². The highest BCUT2D eigenvalue weighted by Crippen LogP contribution is 2.40. The zero-order chi connectivity index (χ0) is 14.7. The van der Waals surface area contributed by atoms with Gasteiger partial charge in [-0.3, -0.25) is 0 Å². The fourth-order valence-electron chi connectivity index (χ4n) is 2.27. The Balaban J connectivity index is 1.58. The molecule has 0 radical (unpaired) electrons. The maximum absolute atomic E-state index is 14.2. The molecule has 0 atom stereocenters. The van der Waals surface area contributed by atoms with Crippen LogP contribution in [0.4, 0.5) is 10.2 Å². The van der Waals surface area contributed by atoms with Crippen LogP contribution in [0.1, 0.15) is 30.0 Å². The summed E-state index contributed by atoms with van der Waals surface area (Å²) >= 11 is 0. The van der Waals surface area contributed by atoms with Crippen molar-refractivity contribution in [3.05, 3.63) is 47.7 Å². The summed E-state index contributed by atoms with van der Waals surface area (Å²) in [6.45, 7) is 0.629. The van der Waals surface area contributed by atoms with Crippen molar-refractivity contribution in [1.82, 2.24) is 9.97 Å². The van der Waals surface area contributed by atoms with Crippen molar-refractivity contribution >= 4 is 5.82 Å². The van der Waals surface area contributed by atoms with Crippen molar-refractivity contribution in [2.45, 2.75) is 25.2 Å². The number of anilines is 1. The van der Waals surface area contributed by atoms with Gasteiger partial charge in [-0.2, -0.15) is 0 Å². The van der Waals surface area contributed by atoms with Gasteiger partial charge in [0.15, 0.2) is 11.6 Å². The van der Waals surface area contributed by atoms with Gasteiger partial charge in [-0.25, -0.2) is 14.4 Å². The second-order valence-electron chi connectivity index (χ2n) is 5.22. The SMILES string of the molecule is COc1ccc(CCNc2ncnc(C3CC3)c2F)cc1. The zero-order valence-corrected chi connectivity index (χ0v) is 12.0. The van der Waals surface area contributed by atoms with Crippen LogP contribution in [0.5, 0.6) is 5.75 Å². The predicted molar refractivity (Wildman–Crippen MR) is 79.2 cm³/mol. The molecule has 1 heterocycles. The molecule has 3 rings (SSSR count). The molecule has 5 heteroatoms. The molecule has 0 saturated heterocycles. The number of methoxy groups -OCH3 is 1. The van der Waals surface area contributed by atoms with E-state index >= 15 is 0 Å². The number of halogens is 1. The number of ether oxygens (including phenoxy) is 1. The first-order valence-corrected chi connectivity index (χ1v) is 7.15. The minimum Gasteiger partial charge on any atom is -0.497 e. The molecule has 110 valence electrons. The van der Waals surface area contributed by atoms with Crippen molar-refractivity contribution in [2.75, 3.05) is 19.0 Å². The summed E-state index contributed by atoms with van der Waals surface area (Å²) in [5.74, 6) is 1.13. The van der Waals surface area contributed by atoms with Crippen LogP contribution in [-0.4, -0.2) is 23.6 Å². The van der Waals surface area contributed by atoms with Crippen LogP contribution < -0.4 is 10.1 Å². The summed E-state index contributed by atoms with van der Waals surface area (Å²) in [5, 5.41) is 3.06. The Kier molecular flexibility index (Phi) is 3.99. The molecule has 21 heavy (non-hydrogen) atoms. The number of rotatable bonds is 6. The summed E-state index contributed by atoms with van der Waals surface area (Å²) in [6, 6.07) is 7.86. The largest absolute Gasteiger partial charge is 0.497 e. The van der Waals surface area contributed by atoms with Gasteiger partial charge in [-0.05, 0) is 37.0 Å². The number of nitrogens with one attached hydrogen (secondary N) is 1. The van der Waals surface area contributed by atoms with Crippen molar-refractivity contribution in [3.63, 3.8) is 0 Å². The lowest BCUT2D eigenvalue weighted by atomic mass is 10.1. The molecule has 1 aromatic carbocycles. The fourth-order valence-corrected chi connectivity index (χ4v) is 2.27. The lowest BCUT2D eigenvalue weighted by molar-refractivity contribution is 0.414. The van der Waals surface area contributed by atoms with E-state index < -0.39 is 0 Å². The van der Waals surface area contributed by atoms with Crippen LogP contribution in [0.3, 0.4) is 0 Å². The molecule has 1 aromatic heterocycles. The standard InChI is InChI=1S/C16H18FN3O/c1-21-13-6-2-11(3-7-13)8-9-18-16-14(17)15(12-4-5-12)19-10-20-16/h2-3,6-7,10,12H,4-5,8-9H2,1H3,(H,18,19,20).